The van der Waals surface area contributed by atoms with Crippen LogP contribution in [0.5, 0.6) is 5.75 Å². The lowest BCUT2D eigenvalue weighted by atomic mass is 10.2. The summed E-state index contributed by atoms with van der Waals surface area (Å²) in [5.74, 6) is 0.0568. The van der Waals surface area contributed by atoms with E-state index >= 15 is 0 Å². The van der Waals surface area contributed by atoms with Crippen LogP contribution in [0.3, 0.4) is 0 Å². The number of hydrogen-bond donors (Lipinski definition) is 1. The Bertz CT molecular complexity index is 1310. The smallest absolute Gasteiger partial charge is 0.285 e. The van der Waals surface area contributed by atoms with Gasteiger partial charge in [0.15, 0.2) is 5.84 Å². The number of hydrogen-bond acceptors (Lipinski definition) is 5. The lowest BCUT2D eigenvalue weighted by Gasteiger charge is -2.18. The number of likely N-dealkylation sites (N-methyl/N-ethyl adjacent to an activating group) is 1. The first-order valence-corrected chi connectivity index (χ1v) is 11.2. The number of halogens is 1. The van der Waals surface area contributed by atoms with E-state index in [2.05, 4.69) is 9.71 Å². The molecule has 0 fully saturated rings. The monoisotopic (exact) mass is 453 g/mol. The van der Waals surface area contributed by atoms with Gasteiger partial charge in [-0.2, -0.15) is 8.42 Å². The van der Waals surface area contributed by atoms with Gasteiger partial charge >= 0.3 is 0 Å². The molecule has 0 aromatic heterocycles. The Morgan fingerprint density at radius 2 is 1.84 bits per heavy atom. The maximum atomic E-state index is 13.3. The first-order chi connectivity index (χ1) is 15.3. The lowest BCUT2D eigenvalue weighted by Crippen LogP contribution is -2.34. The van der Waals surface area contributed by atoms with Crippen molar-refractivity contribution in [2.24, 2.45) is 4.40 Å². The van der Waals surface area contributed by atoms with E-state index in [1.54, 1.807) is 61.6 Å². The highest BCUT2D eigenvalue weighted by molar-refractivity contribution is 7.90. The van der Waals surface area contributed by atoms with Crippen LogP contribution < -0.4 is 10.1 Å². The Kier molecular flexibility index (Phi) is 5.91. The molecule has 0 atom stereocenters. The number of rotatable bonds is 6. The van der Waals surface area contributed by atoms with Crippen molar-refractivity contribution in [2.75, 3.05) is 18.9 Å². The summed E-state index contributed by atoms with van der Waals surface area (Å²) < 4.78 is 47.2. The first-order valence-electron chi connectivity index (χ1n) is 9.74. The second-order valence-electron chi connectivity index (χ2n) is 7.24. The van der Waals surface area contributed by atoms with Crippen LogP contribution in [-0.2, 0) is 21.4 Å². The molecule has 32 heavy (non-hydrogen) atoms. The van der Waals surface area contributed by atoms with Crippen molar-refractivity contribution in [3.63, 3.8) is 0 Å². The van der Waals surface area contributed by atoms with Gasteiger partial charge in [-0.15, -0.1) is 4.40 Å². The van der Waals surface area contributed by atoms with Crippen molar-refractivity contribution >= 4 is 27.5 Å². The number of nitrogens with one attached hydrogen (secondary N) is 1. The molecule has 3 aromatic carbocycles. The maximum Gasteiger partial charge on any atom is 0.285 e. The van der Waals surface area contributed by atoms with Crippen molar-refractivity contribution in [3.8, 4) is 5.75 Å². The van der Waals surface area contributed by atoms with Crippen LogP contribution in [0.4, 0.5) is 10.1 Å². The molecule has 0 radical (unpaired) electrons. The van der Waals surface area contributed by atoms with E-state index in [1.165, 1.54) is 23.1 Å². The summed E-state index contributed by atoms with van der Waals surface area (Å²) in [6.45, 7) is 0.0860. The van der Waals surface area contributed by atoms with Gasteiger partial charge in [-0.3, -0.25) is 4.79 Å². The van der Waals surface area contributed by atoms with Crippen LogP contribution in [0.2, 0.25) is 0 Å². The maximum absolute atomic E-state index is 13.3. The molecule has 1 N–H and O–H groups in total. The molecule has 164 valence electrons. The number of ether oxygens (including phenoxy) is 1. The number of nitrogens with zero attached hydrogens (tertiary/aromatic N) is 2. The minimum Gasteiger partial charge on any atom is -0.489 e. The Labute approximate surface area is 185 Å². The van der Waals surface area contributed by atoms with Gasteiger partial charge in [0.25, 0.3) is 10.0 Å². The third-order valence-corrected chi connectivity index (χ3v) is 6.09. The average Bonchev–Trinajstić information content (AvgIpc) is 3.04. The molecule has 1 amide bonds. The zero-order chi connectivity index (χ0) is 22.7. The van der Waals surface area contributed by atoms with Crippen LogP contribution in [0.25, 0.3) is 0 Å². The molecule has 4 rings (SSSR count). The van der Waals surface area contributed by atoms with Crippen LogP contribution in [0.15, 0.2) is 82.1 Å². The second kappa shape index (κ2) is 8.80. The highest BCUT2D eigenvalue weighted by Crippen LogP contribution is 2.27. The van der Waals surface area contributed by atoms with Gasteiger partial charge in [-0.05, 0) is 42.0 Å². The number of carbonyl (C=O) groups excluding carboxylic acids is 1. The molecule has 1 aliphatic rings. The predicted octanol–water partition coefficient (Wildman–Crippen LogP) is 3.42. The van der Waals surface area contributed by atoms with Crippen LogP contribution >= 0.6 is 0 Å². The fourth-order valence-corrected chi connectivity index (χ4v) is 4.56. The molecule has 0 saturated carbocycles. The first kappa shape index (κ1) is 21.5. The summed E-state index contributed by atoms with van der Waals surface area (Å²) in [4.78, 5) is 14.2. The molecule has 0 spiro atoms. The SMILES string of the molecule is CN(CC(=O)Nc1cccc(OCc2cccc(F)c2)c1)C1=NS(=O)(=O)c2ccccc21. The van der Waals surface area contributed by atoms with Gasteiger partial charge in [-0.1, -0.05) is 30.3 Å². The quantitative estimate of drug-likeness (QED) is 0.618. The predicted molar refractivity (Wildman–Crippen MR) is 119 cm³/mol. The van der Waals surface area contributed by atoms with Crippen molar-refractivity contribution in [1.82, 2.24) is 4.90 Å². The average molecular weight is 453 g/mol. The third kappa shape index (κ3) is 4.78. The lowest BCUT2D eigenvalue weighted by molar-refractivity contribution is -0.116. The summed E-state index contributed by atoms with van der Waals surface area (Å²) >= 11 is 0. The highest BCUT2D eigenvalue weighted by Gasteiger charge is 2.30. The summed E-state index contributed by atoms with van der Waals surface area (Å²) in [6, 6.07) is 19.5. The molecule has 3 aromatic rings. The second-order valence-corrected chi connectivity index (χ2v) is 8.81. The van der Waals surface area contributed by atoms with E-state index in [1.807, 2.05) is 0 Å². The van der Waals surface area contributed by atoms with E-state index in [0.717, 1.165) is 0 Å². The third-order valence-electron chi connectivity index (χ3n) is 4.77. The fourth-order valence-electron chi connectivity index (χ4n) is 3.31. The molecule has 1 aliphatic heterocycles. The molecule has 9 heteroatoms. The normalized spacial score (nSPS) is 13.8. The summed E-state index contributed by atoms with van der Waals surface area (Å²) in [7, 11) is -2.15. The Morgan fingerprint density at radius 1 is 1.06 bits per heavy atom. The number of fused-ring (bicyclic) bond motifs is 1. The Morgan fingerprint density at radius 3 is 2.66 bits per heavy atom. The van der Waals surface area contributed by atoms with Crippen molar-refractivity contribution < 1.29 is 22.3 Å². The number of carbonyl (C=O) groups is 1. The molecule has 0 unspecified atom stereocenters. The highest BCUT2D eigenvalue weighted by atomic mass is 32.2. The van der Waals surface area contributed by atoms with E-state index in [4.69, 9.17) is 4.74 Å². The summed E-state index contributed by atoms with van der Waals surface area (Å²) in [5, 5.41) is 2.76. The van der Waals surface area contributed by atoms with Crippen LogP contribution in [0, 0.1) is 5.82 Å². The van der Waals surface area contributed by atoms with Crippen LogP contribution in [0.1, 0.15) is 11.1 Å². The largest absolute Gasteiger partial charge is 0.489 e. The minimum absolute atomic E-state index is 0.100. The number of anilines is 1. The fraction of sp³-hybridized carbons (Fsp3) is 0.130. The van der Waals surface area contributed by atoms with Gasteiger partial charge in [-0.25, -0.2) is 4.39 Å². The zero-order valence-electron chi connectivity index (χ0n) is 17.2. The van der Waals surface area contributed by atoms with E-state index in [-0.39, 0.29) is 35.6 Å². The number of sulfonamides is 1. The molecule has 7 nitrogen and oxygen atoms in total. The molecular weight excluding hydrogens is 433 g/mol. The molecule has 1 heterocycles. The van der Waals surface area contributed by atoms with E-state index in [9.17, 15) is 17.6 Å². The van der Waals surface area contributed by atoms with Gasteiger partial charge in [0.1, 0.15) is 23.1 Å². The Balaban J connectivity index is 1.39. The van der Waals surface area contributed by atoms with Crippen molar-refractivity contribution in [3.05, 3.63) is 89.7 Å². The standard InChI is InChI=1S/C23H20FN3O4S/c1-27(23-20-10-2-3-11-21(20)32(29,30)26-23)14-22(28)25-18-8-5-9-19(13-18)31-15-16-6-4-7-17(24)12-16/h2-13H,14-15H2,1H3,(H,25,28). The van der Waals surface area contributed by atoms with Crippen molar-refractivity contribution in [2.45, 2.75) is 11.5 Å². The van der Waals surface area contributed by atoms with E-state index in [0.29, 0.717) is 22.6 Å². The van der Waals surface area contributed by atoms with Gasteiger partial charge in [0.05, 0.1) is 6.54 Å². The number of benzene rings is 3. The van der Waals surface area contributed by atoms with Crippen LogP contribution in [-0.4, -0.2) is 38.7 Å². The molecule has 0 saturated heterocycles. The van der Waals surface area contributed by atoms with Gasteiger partial charge < -0.3 is 15.0 Å². The summed E-state index contributed by atoms with van der Waals surface area (Å²) in [6.07, 6.45) is 0. The van der Waals surface area contributed by atoms with Gasteiger partial charge in [0.2, 0.25) is 5.91 Å². The van der Waals surface area contributed by atoms with Crippen molar-refractivity contribution in [1.29, 1.82) is 0 Å². The van der Waals surface area contributed by atoms with E-state index < -0.39 is 10.0 Å². The molecule has 0 aliphatic carbocycles. The zero-order valence-corrected chi connectivity index (χ0v) is 18.0. The minimum atomic E-state index is -3.76. The van der Waals surface area contributed by atoms with Gasteiger partial charge in [0, 0.05) is 24.4 Å². The topological polar surface area (TPSA) is 88.1 Å². The summed E-state index contributed by atoms with van der Waals surface area (Å²) in [5.41, 5.74) is 1.67. The number of amides is 1. The molecular formula is C23H20FN3O4S. The molecule has 0 bridgehead atoms. The number of amidine groups is 1. The Hall–Kier alpha value is -3.72.